The van der Waals surface area contributed by atoms with Crippen LogP contribution in [-0.4, -0.2) is 17.5 Å². The summed E-state index contributed by atoms with van der Waals surface area (Å²) in [4.78, 5) is 42.8. The average Bonchev–Trinajstić information content (AvgIpc) is 3.71. The average molecular weight is 727 g/mol. The lowest BCUT2D eigenvalue weighted by molar-refractivity contribution is -0.153. The van der Waals surface area contributed by atoms with E-state index in [-0.39, 0.29) is 29.0 Å². The van der Waals surface area contributed by atoms with E-state index in [0.29, 0.717) is 16.7 Å². The number of hydrogen-bond donors (Lipinski definition) is 0. The van der Waals surface area contributed by atoms with Crippen LogP contribution in [0.1, 0.15) is 70.0 Å². The second-order valence-corrected chi connectivity index (χ2v) is 15.4. The molecule has 0 fully saturated rings. The molecule has 0 aliphatic heterocycles. The zero-order valence-electron chi connectivity index (χ0n) is 31.0. The van der Waals surface area contributed by atoms with Gasteiger partial charge in [0, 0.05) is 40.3 Å². The van der Waals surface area contributed by atoms with Gasteiger partial charge in [-0.25, -0.2) is 0 Å². The summed E-state index contributed by atoms with van der Waals surface area (Å²) < 4.78 is 13.2. The van der Waals surface area contributed by atoms with Crippen LogP contribution in [0.25, 0.3) is 65.0 Å². The van der Waals surface area contributed by atoms with Gasteiger partial charge in [0.1, 0.15) is 11.2 Å². The minimum Gasteiger partial charge on any atom is -0.456 e. The molecule has 56 heavy (non-hydrogen) atoms. The Morgan fingerprint density at radius 2 is 1.21 bits per heavy atom. The molecule has 1 aromatic heterocycles. The number of allylic oxidation sites excluding steroid dienone is 3. The quantitative estimate of drug-likeness (QED) is 0.0784. The molecule has 9 aromatic rings. The molecule has 0 amide bonds. The number of carbonyl (C=O) groups is 3. The summed E-state index contributed by atoms with van der Waals surface area (Å²) in [5.74, 6) is -1.49. The Bertz CT molecular complexity index is 3190. The molecule has 0 bridgehead atoms. The van der Waals surface area contributed by atoms with Gasteiger partial charge in [-0.2, -0.15) is 0 Å². The normalized spacial score (nSPS) is 20.3. The van der Waals surface area contributed by atoms with E-state index in [1.807, 2.05) is 85.8 Å². The van der Waals surface area contributed by atoms with Crippen molar-refractivity contribution >= 4 is 82.6 Å². The van der Waals surface area contributed by atoms with E-state index < -0.39 is 11.6 Å². The zero-order valence-corrected chi connectivity index (χ0v) is 31.0. The molecule has 5 nitrogen and oxygen atoms in total. The molecule has 2 aliphatic carbocycles. The standard InChI is InChI=1S/C51H34O5/c1-27-32-23-24-36-34-16-6-7-20-41(34)55-50(36)47(32)51(3,56-28(2)52)40(42(27)35-17-8-12-29-11-4-5-15-33(29)35)26-25-39-48(53)45-37-18-9-13-30-21-22-31-14-10-19-38(44(31)43(30)37)46(45)49(39)54/h4-27,42H,1-3H3/b40-26+. The van der Waals surface area contributed by atoms with Crippen LogP contribution in [0.4, 0.5) is 0 Å². The molecule has 8 aromatic carbocycles. The molecule has 0 radical (unpaired) electrons. The van der Waals surface area contributed by atoms with Crippen molar-refractivity contribution in [3.63, 3.8) is 0 Å². The molecule has 3 unspecified atom stereocenters. The number of carbonyl (C=O) groups excluding carboxylic acids is 3. The minimum atomic E-state index is -1.34. The lowest BCUT2D eigenvalue weighted by atomic mass is 9.62. The molecule has 0 N–H and O–H groups in total. The number of ether oxygens (including phenoxy) is 1. The first-order valence-electron chi connectivity index (χ1n) is 19.1. The number of para-hydroxylation sites is 1. The van der Waals surface area contributed by atoms with Crippen LogP contribution in [0.15, 0.2) is 155 Å². The molecule has 2 aliphatic rings. The number of fused-ring (bicyclic) bond motifs is 9. The SMILES string of the molecule is CC(=O)OC1(C)/C(=C/C=C2C(=O)c3c(c4cccc5ccc6cccc3c6c54)C2=O)C(c2cccc3ccccc23)C(C)c2ccc3c(oc4ccccc43)c21. The highest BCUT2D eigenvalue weighted by molar-refractivity contribution is 6.47. The van der Waals surface area contributed by atoms with Crippen LogP contribution in [0.2, 0.25) is 0 Å². The van der Waals surface area contributed by atoms with Crippen LogP contribution in [0.5, 0.6) is 0 Å². The lowest BCUT2D eigenvalue weighted by Gasteiger charge is -2.45. The lowest BCUT2D eigenvalue weighted by Crippen LogP contribution is -2.40. The minimum absolute atomic E-state index is 0.0894. The molecule has 1 heterocycles. The summed E-state index contributed by atoms with van der Waals surface area (Å²) in [7, 11) is 0. The first-order valence-corrected chi connectivity index (χ1v) is 19.1. The zero-order chi connectivity index (χ0) is 38.0. The van der Waals surface area contributed by atoms with Crippen LogP contribution >= 0.6 is 0 Å². The van der Waals surface area contributed by atoms with Gasteiger partial charge in [-0.3, -0.25) is 14.4 Å². The second-order valence-electron chi connectivity index (χ2n) is 15.4. The number of furan rings is 1. The number of ketones is 2. The number of hydrogen-bond acceptors (Lipinski definition) is 5. The van der Waals surface area contributed by atoms with Gasteiger partial charge in [-0.15, -0.1) is 0 Å². The van der Waals surface area contributed by atoms with E-state index in [1.165, 1.54) is 6.92 Å². The molecular weight excluding hydrogens is 693 g/mol. The van der Waals surface area contributed by atoms with E-state index in [9.17, 15) is 14.4 Å². The van der Waals surface area contributed by atoms with Gasteiger partial charge in [0.2, 0.25) is 0 Å². The van der Waals surface area contributed by atoms with Crippen molar-refractivity contribution in [1.82, 2.24) is 0 Å². The fourth-order valence-corrected chi connectivity index (χ4v) is 10.2. The predicted octanol–water partition coefficient (Wildman–Crippen LogP) is 12.2. The van der Waals surface area contributed by atoms with Gasteiger partial charge in [0.25, 0.3) is 0 Å². The maximum atomic E-state index is 14.7. The third-order valence-electron chi connectivity index (χ3n) is 12.5. The summed E-state index contributed by atoms with van der Waals surface area (Å²) in [5.41, 5.74) is 4.61. The number of esters is 1. The largest absolute Gasteiger partial charge is 0.456 e. The van der Waals surface area contributed by atoms with E-state index in [1.54, 1.807) is 6.08 Å². The molecular formula is C51H34O5. The smallest absolute Gasteiger partial charge is 0.303 e. The van der Waals surface area contributed by atoms with E-state index in [0.717, 1.165) is 81.7 Å². The van der Waals surface area contributed by atoms with Gasteiger partial charge in [-0.05, 0) is 84.8 Å². The van der Waals surface area contributed by atoms with Crippen molar-refractivity contribution in [2.75, 3.05) is 0 Å². The van der Waals surface area contributed by atoms with Gasteiger partial charge in [0.05, 0.1) is 5.57 Å². The number of rotatable bonds is 3. The van der Waals surface area contributed by atoms with Gasteiger partial charge in [-0.1, -0.05) is 134 Å². The van der Waals surface area contributed by atoms with E-state index in [4.69, 9.17) is 9.15 Å². The van der Waals surface area contributed by atoms with Crippen LogP contribution in [-0.2, 0) is 15.1 Å². The van der Waals surface area contributed by atoms with Crippen molar-refractivity contribution in [1.29, 1.82) is 0 Å². The maximum Gasteiger partial charge on any atom is 0.303 e. The molecule has 11 rings (SSSR count). The monoisotopic (exact) mass is 726 g/mol. The van der Waals surface area contributed by atoms with Gasteiger partial charge >= 0.3 is 5.97 Å². The summed E-state index contributed by atoms with van der Waals surface area (Å²) in [5, 5.41) is 9.65. The summed E-state index contributed by atoms with van der Waals surface area (Å²) in [6.07, 6.45) is 3.56. The predicted molar refractivity (Wildman–Crippen MR) is 223 cm³/mol. The third-order valence-corrected chi connectivity index (χ3v) is 12.5. The maximum absolute atomic E-state index is 14.7. The van der Waals surface area contributed by atoms with Crippen LogP contribution in [0, 0.1) is 0 Å². The molecule has 5 heteroatoms. The highest BCUT2D eigenvalue weighted by atomic mass is 16.6. The Balaban J connectivity index is 1.20. The van der Waals surface area contributed by atoms with Crippen molar-refractivity contribution in [3.8, 4) is 0 Å². The van der Waals surface area contributed by atoms with Crippen molar-refractivity contribution < 1.29 is 23.5 Å². The number of Topliss-reactive ketones (excluding diaryl/α,β-unsaturated/α-hetero) is 2. The molecule has 3 atom stereocenters. The van der Waals surface area contributed by atoms with Crippen LogP contribution in [0.3, 0.4) is 0 Å². The number of benzene rings is 8. The topological polar surface area (TPSA) is 73.6 Å². The molecule has 0 saturated heterocycles. The highest BCUT2D eigenvalue weighted by Gasteiger charge is 2.50. The molecule has 0 spiro atoms. The van der Waals surface area contributed by atoms with Gasteiger partial charge < -0.3 is 9.15 Å². The van der Waals surface area contributed by atoms with Crippen molar-refractivity contribution in [3.05, 3.63) is 179 Å². The highest BCUT2D eigenvalue weighted by Crippen LogP contribution is 2.58. The fraction of sp³-hybridized carbons (Fsp3) is 0.118. The van der Waals surface area contributed by atoms with Gasteiger partial charge in [0.15, 0.2) is 17.2 Å². The molecule has 268 valence electrons. The Kier molecular flexibility index (Phi) is 6.73. The van der Waals surface area contributed by atoms with Crippen molar-refractivity contribution in [2.24, 2.45) is 0 Å². The Morgan fingerprint density at radius 3 is 1.91 bits per heavy atom. The summed E-state index contributed by atoms with van der Waals surface area (Å²) >= 11 is 0. The Hall–Kier alpha value is -6.85. The summed E-state index contributed by atoms with van der Waals surface area (Å²) in [6, 6.07) is 42.8. The second kappa shape index (κ2) is 11.6. The fourth-order valence-electron chi connectivity index (χ4n) is 10.2. The first kappa shape index (κ1) is 32.6. The van der Waals surface area contributed by atoms with Crippen molar-refractivity contribution in [2.45, 2.75) is 38.2 Å². The Morgan fingerprint density at radius 1 is 0.625 bits per heavy atom. The first-order chi connectivity index (χ1) is 27.2. The summed E-state index contributed by atoms with van der Waals surface area (Å²) in [6.45, 7) is 5.54. The van der Waals surface area contributed by atoms with Crippen LogP contribution < -0.4 is 0 Å². The molecule has 0 saturated carbocycles. The van der Waals surface area contributed by atoms with E-state index >= 15 is 0 Å². The Labute approximate surface area is 321 Å². The third kappa shape index (κ3) is 4.28. The van der Waals surface area contributed by atoms with E-state index in [2.05, 4.69) is 61.5 Å².